The monoisotopic (exact) mass is 500 g/mol. The van der Waals surface area contributed by atoms with E-state index < -0.39 is 0 Å². The highest BCUT2D eigenvalue weighted by Gasteiger charge is 2.28. The van der Waals surface area contributed by atoms with Crippen LogP contribution in [0.3, 0.4) is 0 Å². The molecule has 2 aromatic heterocycles. The van der Waals surface area contributed by atoms with Crippen molar-refractivity contribution in [3.8, 4) is 11.3 Å². The van der Waals surface area contributed by atoms with Crippen molar-refractivity contribution in [1.29, 1.82) is 0 Å². The number of aromatic amines is 1. The number of carbonyl (C=O) groups is 1. The third-order valence-corrected chi connectivity index (χ3v) is 7.71. The summed E-state index contributed by atoms with van der Waals surface area (Å²) in [6.07, 6.45) is 3.39. The molecule has 1 N–H and O–H groups in total. The van der Waals surface area contributed by atoms with Gasteiger partial charge in [0.05, 0.1) is 12.2 Å². The van der Waals surface area contributed by atoms with Gasteiger partial charge in [-0.2, -0.15) is 0 Å². The molecule has 0 aliphatic carbocycles. The fraction of sp³-hybridized carbons (Fsp3) is 0.481. The first-order valence-electron chi connectivity index (χ1n) is 12.1. The van der Waals surface area contributed by atoms with Gasteiger partial charge in [-0.25, -0.2) is 4.39 Å². The van der Waals surface area contributed by atoms with E-state index in [0.29, 0.717) is 17.5 Å². The molecule has 1 amide bonds. The Morgan fingerprint density at radius 1 is 1.26 bits per heavy atom. The number of H-pyrrole nitrogens is 1. The molecule has 4 rings (SSSR count). The number of nitrogens with zero attached hydrogens (tertiary/aromatic N) is 3. The van der Waals surface area contributed by atoms with Crippen LogP contribution in [0.5, 0.6) is 0 Å². The van der Waals surface area contributed by atoms with Crippen molar-refractivity contribution in [2.75, 3.05) is 33.7 Å². The van der Waals surface area contributed by atoms with Crippen molar-refractivity contribution in [3.05, 3.63) is 56.2 Å². The van der Waals surface area contributed by atoms with E-state index in [9.17, 15) is 9.59 Å². The first kappa shape index (κ1) is 25.5. The molecular weight excluding hydrogens is 467 g/mol. The Labute approximate surface area is 210 Å². The fourth-order valence-electron chi connectivity index (χ4n) is 5.16. The molecule has 188 valence electrons. The van der Waals surface area contributed by atoms with E-state index in [1.165, 1.54) is 4.57 Å². The predicted octanol–water partition coefficient (Wildman–Crippen LogP) is 5.03. The molecule has 35 heavy (non-hydrogen) atoms. The fourth-order valence-corrected chi connectivity index (χ4v) is 5.40. The number of amides is 1. The Kier molecular flexibility index (Phi) is 7.11. The lowest BCUT2D eigenvalue weighted by Crippen LogP contribution is -2.40. The topological polar surface area (TPSA) is 61.3 Å². The van der Waals surface area contributed by atoms with Gasteiger partial charge >= 0.3 is 0 Å². The number of fused-ring (bicyclic) bond motifs is 1. The zero-order chi connectivity index (χ0) is 25.6. The highest BCUT2D eigenvalue weighted by atomic mass is 35.5. The molecule has 1 aliphatic heterocycles. The van der Waals surface area contributed by atoms with Crippen LogP contribution < -0.4 is 5.56 Å². The summed E-state index contributed by atoms with van der Waals surface area (Å²) >= 11 is 6.34. The van der Waals surface area contributed by atoms with Gasteiger partial charge in [0.15, 0.2) is 0 Å². The van der Waals surface area contributed by atoms with Crippen LogP contribution in [0, 0.1) is 12.7 Å². The van der Waals surface area contributed by atoms with Gasteiger partial charge in [-0.15, -0.1) is 0 Å². The van der Waals surface area contributed by atoms with E-state index in [2.05, 4.69) is 23.7 Å². The average molecular weight is 501 g/mol. The number of likely N-dealkylation sites (tertiary alicyclic amines) is 1. The molecular formula is C27H34ClFN4O2. The predicted molar refractivity (Wildman–Crippen MR) is 140 cm³/mol. The minimum absolute atomic E-state index is 0.0535. The quantitative estimate of drug-likeness (QED) is 0.534. The molecule has 0 radical (unpaired) electrons. The van der Waals surface area contributed by atoms with Crippen LogP contribution >= 0.6 is 11.6 Å². The van der Waals surface area contributed by atoms with Gasteiger partial charge in [0, 0.05) is 43.8 Å². The molecule has 1 aromatic carbocycles. The summed E-state index contributed by atoms with van der Waals surface area (Å²) in [7, 11) is 5.20. The van der Waals surface area contributed by atoms with Crippen molar-refractivity contribution >= 4 is 28.4 Å². The summed E-state index contributed by atoms with van der Waals surface area (Å²) in [6.45, 7) is 7.88. The molecule has 3 heterocycles. The van der Waals surface area contributed by atoms with Gasteiger partial charge in [-0.1, -0.05) is 31.5 Å². The summed E-state index contributed by atoms with van der Waals surface area (Å²) in [5, 5.41) is 0.793. The highest BCUT2D eigenvalue weighted by Crippen LogP contribution is 2.41. The van der Waals surface area contributed by atoms with Crippen LogP contribution in [-0.2, 0) is 11.8 Å². The van der Waals surface area contributed by atoms with Crippen LogP contribution in [0.1, 0.15) is 55.2 Å². The number of halogens is 2. The lowest BCUT2D eigenvalue weighted by molar-refractivity contribution is -0.130. The van der Waals surface area contributed by atoms with E-state index in [0.717, 1.165) is 53.8 Å². The number of rotatable bonds is 5. The van der Waals surface area contributed by atoms with Gasteiger partial charge in [0.2, 0.25) is 5.91 Å². The maximum absolute atomic E-state index is 16.2. The van der Waals surface area contributed by atoms with Crippen molar-refractivity contribution < 1.29 is 9.18 Å². The first-order valence-corrected chi connectivity index (χ1v) is 12.5. The van der Waals surface area contributed by atoms with E-state index in [1.807, 2.05) is 19.1 Å². The molecule has 6 nitrogen and oxygen atoms in total. The number of aryl methyl sites for hydroxylation is 1. The molecule has 0 spiro atoms. The van der Waals surface area contributed by atoms with Crippen molar-refractivity contribution in [2.24, 2.45) is 7.05 Å². The van der Waals surface area contributed by atoms with Crippen LogP contribution in [0.25, 0.3) is 22.2 Å². The largest absolute Gasteiger partial charge is 0.354 e. The Morgan fingerprint density at radius 3 is 2.51 bits per heavy atom. The van der Waals surface area contributed by atoms with Crippen molar-refractivity contribution in [2.45, 2.75) is 45.4 Å². The van der Waals surface area contributed by atoms with Crippen LogP contribution in [0.15, 0.2) is 23.1 Å². The zero-order valence-electron chi connectivity index (χ0n) is 21.3. The van der Waals surface area contributed by atoms with Gasteiger partial charge in [-0.05, 0) is 67.4 Å². The smallest absolute Gasteiger partial charge is 0.269 e. The molecule has 0 bridgehead atoms. The van der Waals surface area contributed by atoms with Crippen molar-refractivity contribution in [3.63, 3.8) is 0 Å². The second-order valence-electron chi connectivity index (χ2n) is 10.2. The summed E-state index contributed by atoms with van der Waals surface area (Å²) in [5.41, 5.74) is 4.41. The number of carbonyl (C=O) groups excluding carboxylic acids is 1. The third-order valence-electron chi connectivity index (χ3n) is 7.27. The second-order valence-corrected chi connectivity index (χ2v) is 10.6. The van der Waals surface area contributed by atoms with Crippen molar-refractivity contribution in [1.82, 2.24) is 19.4 Å². The number of benzene rings is 1. The molecule has 1 fully saturated rings. The minimum Gasteiger partial charge on any atom is -0.354 e. The van der Waals surface area contributed by atoms with E-state index in [-0.39, 0.29) is 34.1 Å². The zero-order valence-corrected chi connectivity index (χ0v) is 22.1. The lowest BCUT2D eigenvalue weighted by atomic mass is 9.87. The SMILES string of the molecule is Cc1c(-c2[nH]c3ccc(C4CCN(CC(=O)N(C)C)CC4)c(F)c3c2C(C)C)cn(C)c(=O)c1Cl. The molecule has 1 aliphatic rings. The van der Waals surface area contributed by atoms with Gasteiger partial charge < -0.3 is 14.5 Å². The number of nitrogens with one attached hydrogen (secondary N) is 1. The molecule has 8 heteroatoms. The number of hydrogen-bond acceptors (Lipinski definition) is 3. The summed E-state index contributed by atoms with van der Waals surface area (Å²) in [5.74, 6) is 0.0753. The average Bonchev–Trinajstić information content (AvgIpc) is 3.21. The Bertz CT molecular complexity index is 1330. The van der Waals surface area contributed by atoms with Crippen LogP contribution in [-0.4, -0.2) is 59.0 Å². The normalized spacial score (nSPS) is 15.3. The van der Waals surface area contributed by atoms with E-state index >= 15 is 4.39 Å². The molecule has 0 atom stereocenters. The van der Waals surface area contributed by atoms with E-state index in [4.69, 9.17) is 11.6 Å². The maximum Gasteiger partial charge on any atom is 0.269 e. The summed E-state index contributed by atoms with van der Waals surface area (Å²) in [6, 6.07) is 3.86. The second kappa shape index (κ2) is 9.78. The number of likely N-dealkylation sites (N-methyl/N-ethyl adjacent to an activating group) is 1. The minimum atomic E-state index is -0.248. The van der Waals surface area contributed by atoms with Crippen LogP contribution in [0.2, 0.25) is 5.02 Å². The lowest BCUT2D eigenvalue weighted by Gasteiger charge is -2.32. The molecule has 0 unspecified atom stereocenters. The Morgan fingerprint density at radius 2 is 1.91 bits per heavy atom. The van der Waals surface area contributed by atoms with Gasteiger partial charge in [0.25, 0.3) is 5.56 Å². The number of pyridine rings is 1. The molecule has 3 aromatic rings. The third kappa shape index (κ3) is 4.64. The number of hydrogen-bond donors (Lipinski definition) is 1. The number of aromatic nitrogens is 2. The Hall–Kier alpha value is -2.64. The van der Waals surface area contributed by atoms with Gasteiger partial charge in [0.1, 0.15) is 10.8 Å². The molecule has 1 saturated heterocycles. The summed E-state index contributed by atoms with van der Waals surface area (Å²) in [4.78, 5) is 31.5. The standard InChI is InChI=1S/C27H34ClFN4O2/c1-15(2)22-23-20(30-26(22)19-13-32(6)27(35)24(28)16(19)3)8-7-18(25(23)29)17-9-11-33(12-10-17)14-21(34)31(4)5/h7-8,13,15,17,30H,9-12,14H2,1-6H3. The van der Waals surface area contributed by atoms with E-state index in [1.54, 1.807) is 32.2 Å². The maximum atomic E-state index is 16.2. The molecule has 0 saturated carbocycles. The highest BCUT2D eigenvalue weighted by molar-refractivity contribution is 6.31. The van der Waals surface area contributed by atoms with Crippen LogP contribution in [0.4, 0.5) is 4.39 Å². The summed E-state index contributed by atoms with van der Waals surface area (Å²) < 4.78 is 17.6. The Balaban J connectivity index is 1.73. The first-order chi connectivity index (χ1) is 16.5. The number of piperidine rings is 1. The van der Waals surface area contributed by atoms with Gasteiger partial charge in [-0.3, -0.25) is 14.5 Å².